The molecule has 0 spiro atoms. The summed E-state index contributed by atoms with van der Waals surface area (Å²) < 4.78 is 0. The summed E-state index contributed by atoms with van der Waals surface area (Å²) in [4.78, 5) is 17.5. The van der Waals surface area contributed by atoms with Crippen LogP contribution in [0.5, 0.6) is 0 Å². The summed E-state index contributed by atoms with van der Waals surface area (Å²) in [5.41, 5.74) is 0.515. The number of carbonyl (C=O) groups excluding carboxylic acids is 1. The van der Waals surface area contributed by atoms with E-state index in [0.717, 1.165) is 5.56 Å². The Bertz CT molecular complexity index is 352. The first-order valence-electron chi connectivity index (χ1n) is 5.29. The maximum Gasteiger partial charge on any atom is 0.241 e. The minimum absolute atomic E-state index is 0. The first kappa shape index (κ1) is 15.9. The Hall–Kier alpha value is -1.13. The predicted molar refractivity (Wildman–Crippen MR) is 71.1 cm³/mol. The van der Waals surface area contributed by atoms with Crippen LogP contribution in [0.4, 0.5) is 0 Å². The molecule has 1 N–H and O–H groups in total. The lowest BCUT2D eigenvalue weighted by atomic mass is 10.0. The Morgan fingerprint density at radius 2 is 2.12 bits per heavy atom. The minimum Gasteiger partial charge on any atom is -0.347 e. The van der Waals surface area contributed by atoms with E-state index in [1.165, 1.54) is 0 Å². The lowest BCUT2D eigenvalue weighted by Gasteiger charge is -2.28. The van der Waals surface area contributed by atoms with Crippen LogP contribution in [-0.4, -0.2) is 35.4 Å². The molecule has 1 aromatic rings. The number of likely N-dealkylation sites (N-methyl/N-ethyl adjacent to an activating group) is 1. The number of carbonyl (C=O) groups is 1. The van der Waals surface area contributed by atoms with E-state index in [1.807, 2.05) is 26.0 Å². The first-order valence-corrected chi connectivity index (χ1v) is 5.29. The Morgan fingerprint density at radius 3 is 2.59 bits per heavy atom. The second kappa shape index (κ2) is 6.57. The number of halogens is 1. The van der Waals surface area contributed by atoms with E-state index < -0.39 is 5.54 Å². The van der Waals surface area contributed by atoms with Crippen LogP contribution in [0, 0.1) is 0 Å². The van der Waals surface area contributed by atoms with Gasteiger partial charge in [0.15, 0.2) is 0 Å². The average molecular weight is 258 g/mol. The Labute approximate surface area is 109 Å². The van der Waals surface area contributed by atoms with Gasteiger partial charge in [-0.25, -0.2) is 0 Å². The van der Waals surface area contributed by atoms with Gasteiger partial charge in [0.2, 0.25) is 5.91 Å². The Morgan fingerprint density at radius 1 is 1.47 bits per heavy atom. The van der Waals surface area contributed by atoms with Crippen molar-refractivity contribution in [2.45, 2.75) is 25.9 Å². The van der Waals surface area contributed by atoms with Gasteiger partial charge < -0.3 is 4.90 Å². The largest absolute Gasteiger partial charge is 0.347 e. The molecule has 5 heteroatoms. The Kier molecular flexibility index (Phi) is 6.13. The van der Waals surface area contributed by atoms with Crippen molar-refractivity contribution in [3.63, 3.8) is 0 Å². The van der Waals surface area contributed by atoms with E-state index >= 15 is 0 Å². The standard InChI is InChI=1S/C12H19N3O.ClH/c1-12(2,11(16)15(3)4)14-9-10-6-5-7-13-8-10;/h5-8,14H,9H2,1-4H3;1H. The number of nitrogens with zero attached hydrogens (tertiary/aromatic N) is 2. The number of amides is 1. The van der Waals surface area contributed by atoms with E-state index in [2.05, 4.69) is 10.3 Å². The molecule has 1 heterocycles. The van der Waals surface area contributed by atoms with Crippen LogP contribution in [0.1, 0.15) is 19.4 Å². The maximum absolute atomic E-state index is 11.8. The van der Waals surface area contributed by atoms with Crippen LogP contribution in [0.25, 0.3) is 0 Å². The third-order valence-corrected chi connectivity index (χ3v) is 2.40. The molecule has 1 amide bonds. The summed E-state index contributed by atoms with van der Waals surface area (Å²) in [5, 5.41) is 3.23. The summed E-state index contributed by atoms with van der Waals surface area (Å²) in [5.74, 6) is 0.0661. The average Bonchev–Trinajstić information content (AvgIpc) is 2.27. The molecule has 0 fully saturated rings. The minimum atomic E-state index is -0.556. The SMILES string of the molecule is CN(C)C(=O)C(C)(C)NCc1cccnc1.Cl. The number of rotatable bonds is 4. The zero-order chi connectivity index (χ0) is 12.2. The molecule has 1 rings (SSSR count). The highest BCUT2D eigenvalue weighted by Crippen LogP contribution is 2.07. The number of aromatic nitrogens is 1. The van der Waals surface area contributed by atoms with E-state index in [4.69, 9.17) is 0 Å². The molecular weight excluding hydrogens is 238 g/mol. The molecule has 0 aromatic carbocycles. The number of nitrogens with one attached hydrogen (secondary N) is 1. The molecule has 0 saturated heterocycles. The van der Waals surface area contributed by atoms with Crippen LogP contribution in [0.3, 0.4) is 0 Å². The monoisotopic (exact) mass is 257 g/mol. The zero-order valence-corrected chi connectivity index (χ0v) is 11.5. The van der Waals surface area contributed by atoms with Crippen LogP contribution >= 0.6 is 12.4 Å². The van der Waals surface area contributed by atoms with Crippen molar-refractivity contribution in [2.24, 2.45) is 0 Å². The molecule has 0 bridgehead atoms. The summed E-state index contributed by atoms with van der Waals surface area (Å²) in [7, 11) is 3.52. The lowest BCUT2D eigenvalue weighted by molar-refractivity contribution is -0.134. The molecule has 0 saturated carbocycles. The molecule has 0 aliphatic rings. The van der Waals surface area contributed by atoms with Gasteiger partial charge in [-0.15, -0.1) is 12.4 Å². The molecule has 0 aliphatic heterocycles. The van der Waals surface area contributed by atoms with Gasteiger partial charge >= 0.3 is 0 Å². The highest BCUT2D eigenvalue weighted by atomic mass is 35.5. The summed E-state index contributed by atoms with van der Waals surface area (Å²) in [6.07, 6.45) is 3.53. The topological polar surface area (TPSA) is 45.2 Å². The van der Waals surface area contributed by atoms with Gasteiger partial charge in [0.1, 0.15) is 0 Å². The number of pyridine rings is 1. The molecule has 1 aromatic heterocycles. The van der Waals surface area contributed by atoms with E-state index in [0.29, 0.717) is 6.54 Å². The molecule has 17 heavy (non-hydrogen) atoms. The first-order chi connectivity index (χ1) is 7.43. The normalized spacial score (nSPS) is 10.6. The maximum atomic E-state index is 11.8. The quantitative estimate of drug-likeness (QED) is 0.888. The van der Waals surface area contributed by atoms with Gasteiger partial charge in [0, 0.05) is 33.0 Å². The van der Waals surface area contributed by atoms with Crippen molar-refractivity contribution >= 4 is 18.3 Å². The van der Waals surface area contributed by atoms with Crippen molar-refractivity contribution in [3.8, 4) is 0 Å². The number of hydrogen-bond donors (Lipinski definition) is 1. The lowest BCUT2D eigenvalue weighted by Crippen LogP contribution is -2.51. The Balaban J connectivity index is 0.00000256. The third kappa shape index (κ3) is 4.71. The van der Waals surface area contributed by atoms with Gasteiger partial charge in [-0.3, -0.25) is 15.1 Å². The van der Waals surface area contributed by atoms with Gasteiger partial charge in [-0.1, -0.05) is 6.07 Å². The molecule has 0 radical (unpaired) electrons. The molecule has 96 valence electrons. The third-order valence-electron chi connectivity index (χ3n) is 2.40. The van der Waals surface area contributed by atoms with Crippen molar-refractivity contribution in [1.29, 1.82) is 0 Å². The second-order valence-electron chi connectivity index (χ2n) is 4.54. The highest BCUT2D eigenvalue weighted by Gasteiger charge is 2.28. The summed E-state index contributed by atoms with van der Waals surface area (Å²) in [6.45, 7) is 4.40. The van der Waals surface area contributed by atoms with Crippen molar-refractivity contribution in [2.75, 3.05) is 14.1 Å². The van der Waals surface area contributed by atoms with E-state index in [-0.39, 0.29) is 18.3 Å². The van der Waals surface area contributed by atoms with Crippen LogP contribution in [0.15, 0.2) is 24.5 Å². The van der Waals surface area contributed by atoms with Gasteiger partial charge in [0.25, 0.3) is 0 Å². The van der Waals surface area contributed by atoms with Crippen molar-refractivity contribution in [1.82, 2.24) is 15.2 Å². The number of hydrogen-bond acceptors (Lipinski definition) is 3. The second-order valence-corrected chi connectivity index (χ2v) is 4.54. The summed E-state index contributed by atoms with van der Waals surface area (Å²) in [6, 6.07) is 3.87. The van der Waals surface area contributed by atoms with E-state index in [1.54, 1.807) is 31.4 Å². The molecule has 0 unspecified atom stereocenters. The van der Waals surface area contributed by atoms with Crippen LogP contribution in [0.2, 0.25) is 0 Å². The van der Waals surface area contributed by atoms with Gasteiger partial charge in [0.05, 0.1) is 5.54 Å². The molecule has 0 aliphatic carbocycles. The van der Waals surface area contributed by atoms with Crippen molar-refractivity contribution in [3.05, 3.63) is 30.1 Å². The highest BCUT2D eigenvalue weighted by molar-refractivity contribution is 5.85. The molecule has 0 atom stereocenters. The zero-order valence-electron chi connectivity index (χ0n) is 10.7. The fourth-order valence-corrected chi connectivity index (χ4v) is 1.46. The van der Waals surface area contributed by atoms with E-state index in [9.17, 15) is 4.79 Å². The fraction of sp³-hybridized carbons (Fsp3) is 0.500. The smallest absolute Gasteiger partial charge is 0.241 e. The van der Waals surface area contributed by atoms with Gasteiger partial charge in [-0.05, 0) is 25.5 Å². The van der Waals surface area contributed by atoms with Crippen LogP contribution in [-0.2, 0) is 11.3 Å². The summed E-state index contributed by atoms with van der Waals surface area (Å²) >= 11 is 0. The molecule has 4 nitrogen and oxygen atoms in total. The van der Waals surface area contributed by atoms with Crippen molar-refractivity contribution < 1.29 is 4.79 Å². The predicted octanol–water partition coefficient (Wildman–Crippen LogP) is 1.46. The van der Waals surface area contributed by atoms with Crippen LogP contribution < -0.4 is 5.32 Å². The van der Waals surface area contributed by atoms with Gasteiger partial charge in [-0.2, -0.15) is 0 Å². The fourth-order valence-electron chi connectivity index (χ4n) is 1.46. The molecular formula is C12H20ClN3O.